The average molecular weight is 383 g/mol. The lowest BCUT2D eigenvalue weighted by atomic mass is 10.1. The molecule has 4 heteroatoms. The number of alkyl halides is 1. The largest absolute Gasteiger partial charge is 0.494 e. The number of Topliss-reactive ketones (excluding diaryl/α,β-unsaturated/α-hetero) is 1. The van der Waals surface area contributed by atoms with E-state index in [1.807, 2.05) is 26.0 Å². The highest BCUT2D eigenvalue weighted by atomic mass is 127. The van der Waals surface area contributed by atoms with Crippen LogP contribution in [-0.2, 0) is 0 Å². The molecule has 0 aliphatic carbocycles. The second-order valence-electron chi connectivity index (χ2n) is 3.05. The first-order chi connectivity index (χ1) is 7.06. The van der Waals surface area contributed by atoms with Crippen LogP contribution >= 0.6 is 38.5 Å². The number of halogens is 2. The lowest BCUT2D eigenvalue weighted by molar-refractivity contribution is 0.0994. The van der Waals surface area contributed by atoms with Crippen molar-refractivity contribution in [1.29, 1.82) is 0 Å². The summed E-state index contributed by atoms with van der Waals surface area (Å²) in [6.45, 7) is 4.36. The highest BCUT2D eigenvalue weighted by molar-refractivity contribution is 14.1. The number of benzene rings is 1. The fourth-order valence-corrected chi connectivity index (χ4v) is 2.01. The van der Waals surface area contributed by atoms with E-state index >= 15 is 0 Å². The summed E-state index contributed by atoms with van der Waals surface area (Å²) >= 11 is 5.44. The van der Waals surface area contributed by atoms with Crippen molar-refractivity contribution in [2.75, 3.05) is 6.61 Å². The summed E-state index contributed by atoms with van der Waals surface area (Å²) in [7, 11) is 0. The second kappa shape index (κ2) is 5.84. The van der Waals surface area contributed by atoms with Gasteiger partial charge in [0.15, 0.2) is 5.78 Å². The Kier molecular flexibility index (Phi) is 5.05. The van der Waals surface area contributed by atoms with Gasteiger partial charge in [0, 0.05) is 9.13 Å². The molecular formula is C11H12BrIO2. The van der Waals surface area contributed by atoms with Gasteiger partial charge in [-0.15, -0.1) is 0 Å². The van der Waals surface area contributed by atoms with Crippen molar-refractivity contribution in [3.05, 3.63) is 27.3 Å². The molecule has 0 heterocycles. The first kappa shape index (κ1) is 13.0. The molecule has 0 bridgehead atoms. The summed E-state index contributed by atoms with van der Waals surface area (Å²) in [4.78, 5) is 11.7. The number of carbonyl (C=O) groups excluding carboxylic acids is 1. The van der Waals surface area contributed by atoms with Gasteiger partial charge in [0.25, 0.3) is 0 Å². The summed E-state index contributed by atoms with van der Waals surface area (Å²) in [5.74, 6) is 0.829. The van der Waals surface area contributed by atoms with Crippen LogP contribution in [0.3, 0.4) is 0 Å². The molecule has 0 radical (unpaired) electrons. The minimum absolute atomic E-state index is 0.0842. The Hall–Kier alpha value is -0.100. The van der Waals surface area contributed by atoms with Crippen LogP contribution in [0.1, 0.15) is 24.2 Å². The van der Waals surface area contributed by atoms with E-state index < -0.39 is 0 Å². The fraction of sp³-hybridized carbons (Fsp3) is 0.364. The van der Waals surface area contributed by atoms with E-state index in [-0.39, 0.29) is 10.6 Å². The molecule has 1 rings (SSSR count). The van der Waals surface area contributed by atoms with Crippen molar-refractivity contribution in [3.8, 4) is 5.75 Å². The number of rotatable bonds is 4. The van der Waals surface area contributed by atoms with Crippen LogP contribution in [0.4, 0.5) is 0 Å². The third-order valence-corrected chi connectivity index (χ3v) is 3.23. The third kappa shape index (κ3) is 3.45. The monoisotopic (exact) mass is 382 g/mol. The van der Waals surface area contributed by atoms with Crippen molar-refractivity contribution in [2.45, 2.75) is 18.7 Å². The maximum Gasteiger partial charge on any atom is 0.177 e. The number of ketones is 1. The Bertz CT molecular complexity index is 364. The van der Waals surface area contributed by atoms with Crippen LogP contribution in [0, 0.1) is 3.57 Å². The van der Waals surface area contributed by atoms with E-state index in [9.17, 15) is 4.79 Å². The van der Waals surface area contributed by atoms with Gasteiger partial charge in [-0.3, -0.25) is 4.79 Å². The van der Waals surface area contributed by atoms with Gasteiger partial charge < -0.3 is 4.74 Å². The van der Waals surface area contributed by atoms with Crippen LogP contribution in [0.5, 0.6) is 5.75 Å². The van der Waals surface area contributed by atoms with Crippen LogP contribution in [0.25, 0.3) is 0 Å². The smallest absolute Gasteiger partial charge is 0.177 e. The normalized spacial score (nSPS) is 12.3. The minimum Gasteiger partial charge on any atom is -0.494 e. The van der Waals surface area contributed by atoms with Gasteiger partial charge in [0.05, 0.1) is 11.4 Å². The SMILES string of the molecule is CCOc1ccc(I)c(C(=O)C(C)Br)c1. The molecule has 0 spiro atoms. The van der Waals surface area contributed by atoms with Crippen molar-refractivity contribution in [3.63, 3.8) is 0 Å². The molecule has 0 N–H and O–H groups in total. The predicted octanol–water partition coefficient (Wildman–Crippen LogP) is 3.66. The average Bonchev–Trinajstić information content (AvgIpc) is 2.20. The summed E-state index contributed by atoms with van der Waals surface area (Å²) < 4.78 is 6.31. The molecule has 82 valence electrons. The van der Waals surface area contributed by atoms with Gasteiger partial charge >= 0.3 is 0 Å². The van der Waals surface area contributed by atoms with Crippen LogP contribution < -0.4 is 4.74 Å². The Morgan fingerprint density at radius 1 is 1.60 bits per heavy atom. The van der Waals surface area contributed by atoms with Crippen molar-refractivity contribution >= 4 is 44.3 Å². The first-order valence-electron chi connectivity index (χ1n) is 4.67. The van der Waals surface area contributed by atoms with Crippen molar-refractivity contribution in [2.24, 2.45) is 0 Å². The lowest BCUT2D eigenvalue weighted by Crippen LogP contribution is -2.11. The number of hydrogen-bond donors (Lipinski definition) is 0. The lowest BCUT2D eigenvalue weighted by Gasteiger charge is -2.08. The van der Waals surface area contributed by atoms with Gasteiger partial charge in [0.2, 0.25) is 0 Å². The molecule has 1 unspecified atom stereocenters. The maximum absolute atomic E-state index is 11.8. The summed E-state index contributed by atoms with van der Waals surface area (Å²) in [5.41, 5.74) is 0.714. The van der Waals surface area contributed by atoms with Gasteiger partial charge in [-0.05, 0) is 54.6 Å². The number of ether oxygens (including phenoxy) is 1. The second-order valence-corrected chi connectivity index (χ2v) is 5.59. The van der Waals surface area contributed by atoms with E-state index in [1.165, 1.54) is 0 Å². The van der Waals surface area contributed by atoms with E-state index in [4.69, 9.17) is 4.74 Å². The van der Waals surface area contributed by atoms with Crippen molar-refractivity contribution < 1.29 is 9.53 Å². The van der Waals surface area contributed by atoms with E-state index in [1.54, 1.807) is 6.07 Å². The summed E-state index contributed by atoms with van der Waals surface area (Å²) in [6.07, 6.45) is 0. The summed E-state index contributed by atoms with van der Waals surface area (Å²) in [5, 5.41) is 0. The molecule has 0 saturated heterocycles. The minimum atomic E-state index is -0.164. The third-order valence-electron chi connectivity index (χ3n) is 1.88. The topological polar surface area (TPSA) is 26.3 Å². The number of hydrogen-bond acceptors (Lipinski definition) is 2. The van der Waals surface area contributed by atoms with Crippen molar-refractivity contribution in [1.82, 2.24) is 0 Å². The van der Waals surface area contributed by atoms with Crippen LogP contribution in [0.2, 0.25) is 0 Å². The standard InChI is InChI=1S/C11H12BrIO2/c1-3-15-8-4-5-10(13)9(6-8)11(14)7(2)12/h4-7H,3H2,1-2H3. The van der Waals surface area contributed by atoms with Gasteiger partial charge in [-0.1, -0.05) is 15.9 Å². The molecular weight excluding hydrogens is 371 g/mol. The first-order valence-corrected chi connectivity index (χ1v) is 6.66. The molecule has 15 heavy (non-hydrogen) atoms. The van der Waals surface area contributed by atoms with Gasteiger partial charge in [-0.25, -0.2) is 0 Å². The van der Waals surface area contributed by atoms with E-state index in [0.29, 0.717) is 12.2 Å². The van der Waals surface area contributed by atoms with Crippen LogP contribution in [0.15, 0.2) is 18.2 Å². The quantitative estimate of drug-likeness (QED) is 0.451. The molecule has 0 saturated carbocycles. The zero-order valence-corrected chi connectivity index (χ0v) is 12.3. The molecule has 1 aromatic carbocycles. The molecule has 0 aliphatic rings. The maximum atomic E-state index is 11.8. The fourth-order valence-electron chi connectivity index (χ4n) is 1.16. The predicted molar refractivity (Wildman–Crippen MR) is 73.0 cm³/mol. The Labute approximate surface area is 112 Å². The zero-order valence-electron chi connectivity index (χ0n) is 8.59. The van der Waals surface area contributed by atoms with E-state index in [0.717, 1.165) is 9.32 Å². The molecule has 1 aromatic rings. The summed E-state index contributed by atoms with van der Waals surface area (Å²) in [6, 6.07) is 5.57. The molecule has 0 amide bonds. The molecule has 1 atom stereocenters. The van der Waals surface area contributed by atoms with Gasteiger partial charge in [0.1, 0.15) is 5.75 Å². The van der Waals surface area contributed by atoms with E-state index in [2.05, 4.69) is 38.5 Å². The zero-order chi connectivity index (χ0) is 11.4. The highest BCUT2D eigenvalue weighted by Gasteiger charge is 2.15. The Balaban J connectivity index is 3.05. The Morgan fingerprint density at radius 2 is 2.27 bits per heavy atom. The molecule has 0 aliphatic heterocycles. The number of carbonyl (C=O) groups is 1. The molecule has 0 aromatic heterocycles. The highest BCUT2D eigenvalue weighted by Crippen LogP contribution is 2.22. The molecule has 0 fully saturated rings. The van der Waals surface area contributed by atoms with Crippen LogP contribution in [-0.4, -0.2) is 17.2 Å². The molecule has 2 nitrogen and oxygen atoms in total. The van der Waals surface area contributed by atoms with Gasteiger partial charge in [-0.2, -0.15) is 0 Å². The Morgan fingerprint density at radius 3 is 2.80 bits per heavy atom.